The van der Waals surface area contributed by atoms with E-state index in [0.717, 1.165) is 18.7 Å². The zero-order valence-corrected chi connectivity index (χ0v) is 17.0. The van der Waals surface area contributed by atoms with Crippen LogP contribution in [-0.2, 0) is 0 Å². The van der Waals surface area contributed by atoms with E-state index in [1.807, 2.05) is 36.4 Å². The number of hydrogen-bond acceptors (Lipinski definition) is 5. The van der Waals surface area contributed by atoms with Gasteiger partial charge in [-0.3, -0.25) is 9.78 Å². The molecule has 0 bridgehead atoms. The molecule has 3 unspecified atom stereocenters. The standard InChI is InChI=1S/C22H31N5O/c1-4-6-15-27(5-2)19-9-7-18(8-10-19)22(28)24-21-16(3)20(25-26-21)17-11-13-23-14-12-17/h7-14,16,20-21,25-26H,4-6,15H2,1-3H3,(H,24,28). The molecule has 0 spiro atoms. The van der Waals surface area contributed by atoms with Gasteiger partial charge in [0.15, 0.2) is 0 Å². The molecule has 1 saturated heterocycles. The molecular formula is C22H31N5O. The molecule has 1 aromatic heterocycles. The lowest BCUT2D eigenvalue weighted by molar-refractivity contribution is 0.0923. The van der Waals surface area contributed by atoms with Crippen molar-refractivity contribution in [3.63, 3.8) is 0 Å². The molecule has 150 valence electrons. The van der Waals surface area contributed by atoms with E-state index < -0.39 is 0 Å². The van der Waals surface area contributed by atoms with Crippen LogP contribution in [0.3, 0.4) is 0 Å². The first kappa shape index (κ1) is 20.3. The largest absolute Gasteiger partial charge is 0.372 e. The van der Waals surface area contributed by atoms with E-state index in [4.69, 9.17) is 0 Å². The summed E-state index contributed by atoms with van der Waals surface area (Å²) in [4.78, 5) is 19.1. The van der Waals surface area contributed by atoms with Crippen LogP contribution < -0.4 is 21.1 Å². The fourth-order valence-electron chi connectivity index (χ4n) is 3.63. The van der Waals surface area contributed by atoms with Crippen LogP contribution in [0.15, 0.2) is 48.8 Å². The van der Waals surface area contributed by atoms with E-state index in [2.05, 4.69) is 46.8 Å². The summed E-state index contributed by atoms with van der Waals surface area (Å²) in [6.07, 6.45) is 5.79. The second-order valence-corrected chi connectivity index (χ2v) is 7.34. The van der Waals surface area contributed by atoms with E-state index in [0.29, 0.717) is 5.56 Å². The molecule has 1 aliphatic rings. The zero-order chi connectivity index (χ0) is 19.9. The number of pyridine rings is 1. The molecule has 1 fully saturated rings. The first-order chi connectivity index (χ1) is 13.6. The number of benzene rings is 1. The van der Waals surface area contributed by atoms with Crippen LogP contribution >= 0.6 is 0 Å². The molecule has 2 heterocycles. The predicted molar refractivity (Wildman–Crippen MR) is 113 cm³/mol. The SMILES string of the molecule is CCCCN(CC)c1ccc(C(=O)NC2NNC(c3ccncc3)C2C)cc1. The van der Waals surface area contributed by atoms with Crippen LogP contribution in [0.1, 0.15) is 55.6 Å². The van der Waals surface area contributed by atoms with Crippen molar-refractivity contribution in [1.82, 2.24) is 21.2 Å². The zero-order valence-electron chi connectivity index (χ0n) is 17.0. The number of carbonyl (C=O) groups excluding carboxylic acids is 1. The first-order valence-electron chi connectivity index (χ1n) is 10.2. The Morgan fingerprint density at radius 3 is 2.46 bits per heavy atom. The summed E-state index contributed by atoms with van der Waals surface area (Å²) < 4.78 is 0. The number of carbonyl (C=O) groups is 1. The lowest BCUT2D eigenvalue weighted by Gasteiger charge is -2.23. The fraction of sp³-hybridized carbons (Fsp3) is 0.455. The van der Waals surface area contributed by atoms with Crippen LogP contribution in [-0.4, -0.2) is 30.1 Å². The molecule has 28 heavy (non-hydrogen) atoms. The van der Waals surface area contributed by atoms with Crippen LogP contribution in [0, 0.1) is 5.92 Å². The van der Waals surface area contributed by atoms with E-state index >= 15 is 0 Å². The molecular weight excluding hydrogens is 350 g/mol. The Morgan fingerprint density at radius 2 is 1.82 bits per heavy atom. The molecule has 6 nitrogen and oxygen atoms in total. The molecule has 1 aliphatic heterocycles. The Morgan fingerprint density at radius 1 is 1.11 bits per heavy atom. The Hall–Kier alpha value is -2.44. The van der Waals surface area contributed by atoms with Gasteiger partial charge in [0.05, 0.1) is 12.2 Å². The fourth-order valence-corrected chi connectivity index (χ4v) is 3.63. The van der Waals surface area contributed by atoms with Crippen molar-refractivity contribution in [2.75, 3.05) is 18.0 Å². The normalized spacial score (nSPS) is 21.5. The Bertz CT molecular complexity index is 749. The number of nitrogens with zero attached hydrogens (tertiary/aromatic N) is 2. The Labute approximate surface area is 167 Å². The number of nitrogens with one attached hydrogen (secondary N) is 3. The van der Waals surface area contributed by atoms with Gasteiger partial charge >= 0.3 is 0 Å². The highest BCUT2D eigenvalue weighted by molar-refractivity contribution is 5.94. The summed E-state index contributed by atoms with van der Waals surface area (Å²) in [6.45, 7) is 8.50. The van der Waals surface area contributed by atoms with Crippen molar-refractivity contribution in [3.8, 4) is 0 Å². The third-order valence-corrected chi connectivity index (χ3v) is 5.46. The number of hydrazine groups is 1. The van der Waals surface area contributed by atoms with Gasteiger partial charge in [-0.05, 0) is 55.3 Å². The maximum atomic E-state index is 12.7. The van der Waals surface area contributed by atoms with Gasteiger partial charge in [0.1, 0.15) is 0 Å². The molecule has 2 aromatic rings. The van der Waals surface area contributed by atoms with Crippen molar-refractivity contribution in [3.05, 3.63) is 59.9 Å². The highest BCUT2D eigenvalue weighted by atomic mass is 16.1. The number of rotatable bonds is 8. The summed E-state index contributed by atoms with van der Waals surface area (Å²) in [7, 11) is 0. The third-order valence-electron chi connectivity index (χ3n) is 5.46. The number of amides is 1. The summed E-state index contributed by atoms with van der Waals surface area (Å²) in [6, 6.07) is 12.0. The molecule has 3 atom stereocenters. The van der Waals surface area contributed by atoms with Crippen molar-refractivity contribution in [2.45, 2.75) is 45.8 Å². The van der Waals surface area contributed by atoms with Crippen molar-refractivity contribution in [1.29, 1.82) is 0 Å². The first-order valence-corrected chi connectivity index (χ1v) is 10.2. The molecule has 0 saturated carbocycles. The predicted octanol–water partition coefficient (Wildman–Crippen LogP) is 3.25. The Balaban J connectivity index is 1.60. The second-order valence-electron chi connectivity index (χ2n) is 7.34. The summed E-state index contributed by atoms with van der Waals surface area (Å²) in [5, 5.41) is 3.10. The smallest absolute Gasteiger partial charge is 0.252 e. The molecule has 0 radical (unpaired) electrons. The van der Waals surface area contributed by atoms with Gasteiger partial charge in [-0.15, -0.1) is 0 Å². The van der Waals surface area contributed by atoms with Gasteiger partial charge in [0, 0.05) is 42.7 Å². The van der Waals surface area contributed by atoms with Crippen LogP contribution in [0.25, 0.3) is 0 Å². The van der Waals surface area contributed by atoms with Gasteiger partial charge in [-0.25, -0.2) is 10.9 Å². The van der Waals surface area contributed by atoms with Crippen molar-refractivity contribution < 1.29 is 4.79 Å². The Kier molecular flexibility index (Phi) is 7.01. The minimum atomic E-state index is -0.137. The van der Waals surface area contributed by atoms with Gasteiger partial charge < -0.3 is 10.2 Å². The van der Waals surface area contributed by atoms with Crippen LogP contribution in [0.2, 0.25) is 0 Å². The second kappa shape index (κ2) is 9.66. The molecule has 1 amide bonds. The monoisotopic (exact) mass is 381 g/mol. The minimum absolute atomic E-state index is 0.0651. The lowest BCUT2D eigenvalue weighted by Crippen LogP contribution is -2.46. The number of unbranched alkanes of at least 4 members (excludes halogenated alkanes) is 1. The van der Waals surface area contributed by atoms with Gasteiger partial charge in [0.25, 0.3) is 5.91 Å². The molecule has 0 aliphatic carbocycles. The molecule has 3 N–H and O–H groups in total. The van der Waals surface area contributed by atoms with Crippen LogP contribution in [0.5, 0.6) is 0 Å². The van der Waals surface area contributed by atoms with E-state index in [1.54, 1.807) is 12.4 Å². The number of anilines is 1. The molecule has 3 rings (SSSR count). The number of aromatic nitrogens is 1. The summed E-state index contributed by atoms with van der Waals surface area (Å²) in [5.41, 5.74) is 9.49. The highest BCUT2D eigenvalue weighted by Gasteiger charge is 2.34. The quantitative estimate of drug-likeness (QED) is 0.655. The average molecular weight is 382 g/mol. The lowest BCUT2D eigenvalue weighted by atomic mass is 9.95. The highest BCUT2D eigenvalue weighted by Crippen LogP contribution is 2.27. The summed E-state index contributed by atoms with van der Waals surface area (Å²) in [5.74, 6) is 0.139. The van der Waals surface area contributed by atoms with Crippen molar-refractivity contribution >= 4 is 11.6 Å². The van der Waals surface area contributed by atoms with Gasteiger partial charge in [-0.1, -0.05) is 20.3 Å². The van der Waals surface area contributed by atoms with Crippen LogP contribution in [0.4, 0.5) is 5.69 Å². The van der Waals surface area contributed by atoms with Gasteiger partial charge in [-0.2, -0.15) is 0 Å². The summed E-state index contributed by atoms with van der Waals surface area (Å²) >= 11 is 0. The topological polar surface area (TPSA) is 69.3 Å². The van der Waals surface area contributed by atoms with Crippen molar-refractivity contribution in [2.24, 2.45) is 5.92 Å². The van der Waals surface area contributed by atoms with E-state index in [9.17, 15) is 4.79 Å². The third kappa shape index (κ3) is 4.69. The number of hydrogen-bond donors (Lipinski definition) is 3. The molecule has 1 aromatic carbocycles. The maximum absolute atomic E-state index is 12.7. The average Bonchev–Trinajstić information content (AvgIpc) is 3.10. The maximum Gasteiger partial charge on any atom is 0.252 e. The van der Waals surface area contributed by atoms with E-state index in [-0.39, 0.29) is 24.0 Å². The molecule has 6 heteroatoms. The van der Waals surface area contributed by atoms with E-state index in [1.165, 1.54) is 18.5 Å². The minimum Gasteiger partial charge on any atom is -0.372 e. The van der Waals surface area contributed by atoms with Gasteiger partial charge in [0.2, 0.25) is 0 Å².